The van der Waals surface area contributed by atoms with Crippen molar-refractivity contribution < 1.29 is 18.0 Å². The summed E-state index contributed by atoms with van der Waals surface area (Å²) < 4.78 is 41.8. The zero-order valence-corrected chi connectivity index (χ0v) is 16.4. The number of alkyl halides is 3. The standard InChI is InChI=1S/C22H21F3N4O/c1-13-6-7-20-26-19(12-29(20)27-13)21(30)28-10-15-8-14(9-16(15)11-28)17-4-2-3-5-18(17)22(23,24)25/h2-7,12,14-16H,8-11H2,1H3/t14-,15-,16+. The van der Waals surface area contributed by atoms with Crippen LogP contribution in [0.2, 0.25) is 0 Å². The van der Waals surface area contributed by atoms with Gasteiger partial charge < -0.3 is 4.90 Å². The molecule has 0 N–H and O–H groups in total. The van der Waals surface area contributed by atoms with Crippen LogP contribution in [0.25, 0.3) is 5.65 Å². The molecule has 0 radical (unpaired) electrons. The van der Waals surface area contributed by atoms with Crippen molar-refractivity contribution in [3.63, 3.8) is 0 Å². The molecule has 2 aliphatic rings. The number of halogens is 3. The highest BCUT2D eigenvalue weighted by Crippen LogP contribution is 2.49. The number of carbonyl (C=O) groups is 1. The highest BCUT2D eigenvalue weighted by Gasteiger charge is 2.45. The number of carbonyl (C=O) groups excluding carboxylic acids is 1. The highest BCUT2D eigenvalue weighted by molar-refractivity contribution is 5.93. The molecular weight excluding hydrogens is 393 g/mol. The molecule has 8 heteroatoms. The largest absolute Gasteiger partial charge is 0.416 e. The Balaban J connectivity index is 1.31. The van der Waals surface area contributed by atoms with Gasteiger partial charge in [0.1, 0.15) is 5.69 Å². The van der Waals surface area contributed by atoms with E-state index in [1.54, 1.807) is 27.7 Å². The van der Waals surface area contributed by atoms with E-state index in [1.165, 1.54) is 12.1 Å². The van der Waals surface area contributed by atoms with Crippen molar-refractivity contribution in [3.05, 3.63) is 65.1 Å². The van der Waals surface area contributed by atoms with Crippen LogP contribution in [-0.2, 0) is 6.18 Å². The average Bonchev–Trinajstić information content (AvgIpc) is 3.39. The Morgan fingerprint density at radius 2 is 1.77 bits per heavy atom. The smallest absolute Gasteiger partial charge is 0.337 e. The van der Waals surface area contributed by atoms with Crippen LogP contribution in [0.15, 0.2) is 42.6 Å². The van der Waals surface area contributed by atoms with E-state index in [-0.39, 0.29) is 23.7 Å². The number of hydrogen-bond acceptors (Lipinski definition) is 3. The number of aryl methyl sites for hydroxylation is 1. The van der Waals surface area contributed by atoms with Gasteiger partial charge in [0.15, 0.2) is 5.65 Å². The molecule has 2 fully saturated rings. The van der Waals surface area contributed by atoms with E-state index in [4.69, 9.17) is 0 Å². The summed E-state index contributed by atoms with van der Waals surface area (Å²) >= 11 is 0. The second kappa shape index (κ2) is 6.82. The molecule has 3 atom stereocenters. The number of aromatic nitrogens is 3. The number of rotatable bonds is 2. The molecule has 1 saturated heterocycles. The normalized spacial score (nSPS) is 23.9. The number of benzene rings is 1. The predicted octanol–water partition coefficient (Wildman–Crippen LogP) is 4.32. The second-order valence-corrected chi connectivity index (χ2v) is 8.39. The van der Waals surface area contributed by atoms with Crippen molar-refractivity contribution >= 4 is 11.6 Å². The van der Waals surface area contributed by atoms with Gasteiger partial charge in [-0.1, -0.05) is 18.2 Å². The van der Waals surface area contributed by atoms with Gasteiger partial charge >= 0.3 is 6.18 Å². The quantitative estimate of drug-likeness (QED) is 0.628. The zero-order valence-electron chi connectivity index (χ0n) is 16.4. The first kappa shape index (κ1) is 19.1. The molecule has 156 valence electrons. The first-order chi connectivity index (χ1) is 14.3. The van der Waals surface area contributed by atoms with Gasteiger partial charge in [0.25, 0.3) is 5.91 Å². The summed E-state index contributed by atoms with van der Waals surface area (Å²) in [6.07, 6.45) is -1.35. The zero-order chi connectivity index (χ0) is 21.0. The Kier molecular flexibility index (Phi) is 4.34. The minimum Gasteiger partial charge on any atom is -0.337 e. The molecule has 3 heterocycles. The lowest BCUT2D eigenvalue weighted by Gasteiger charge is -2.21. The number of imidazole rings is 1. The SMILES string of the molecule is Cc1ccc2nc(C(=O)N3C[C@H]4C[C@@H](c5ccccc5C(F)(F)F)C[C@H]4C3)cn2n1. The summed E-state index contributed by atoms with van der Waals surface area (Å²) in [6.45, 7) is 3.00. The Bertz CT molecular complexity index is 1110. The minimum absolute atomic E-state index is 0.113. The summed E-state index contributed by atoms with van der Waals surface area (Å²) in [5.74, 6) is 0.188. The third-order valence-corrected chi connectivity index (χ3v) is 6.42. The number of amides is 1. The summed E-state index contributed by atoms with van der Waals surface area (Å²) in [5, 5.41) is 4.33. The molecular formula is C22H21F3N4O. The van der Waals surface area contributed by atoms with Gasteiger partial charge in [0.05, 0.1) is 17.5 Å². The molecule has 0 bridgehead atoms. The molecule has 1 aliphatic carbocycles. The molecule has 30 heavy (non-hydrogen) atoms. The third-order valence-electron chi connectivity index (χ3n) is 6.42. The van der Waals surface area contributed by atoms with Crippen LogP contribution in [0.1, 0.15) is 46.1 Å². The van der Waals surface area contributed by atoms with Gasteiger partial charge in [-0.2, -0.15) is 18.3 Å². The Labute approximate surface area is 171 Å². The molecule has 0 unspecified atom stereocenters. The fourth-order valence-electron chi connectivity index (χ4n) is 5.07. The van der Waals surface area contributed by atoms with Gasteiger partial charge in [-0.15, -0.1) is 0 Å². The Morgan fingerprint density at radius 1 is 1.07 bits per heavy atom. The van der Waals surface area contributed by atoms with E-state index in [1.807, 2.05) is 19.1 Å². The first-order valence-electron chi connectivity index (χ1n) is 10.1. The maximum Gasteiger partial charge on any atom is 0.416 e. The van der Waals surface area contributed by atoms with Crippen LogP contribution in [0.5, 0.6) is 0 Å². The fraction of sp³-hybridized carbons (Fsp3) is 0.409. The minimum atomic E-state index is -4.34. The van der Waals surface area contributed by atoms with Gasteiger partial charge in [-0.3, -0.25) is 4.79 Å². The number of likely N-dealkylation sites (tertiary alicyclic amines) is 1. The Hall–Kier alpha value is -2.90. The van der Waals surface area contributed by atoms with Crippen molar-refractivity contribution in [2.45, 2.75) is 31.9 Å². The molecule has 0 spiro atoms. The van der Waals surface area contributed by atoms with Crippen molar-refractivity contribution in [1.82, 2.24) is 19.5 Å². The molecule has 5 nitrogen and oxygen atoms in total. The maximum absolute atomic E-state index is 13.4. The van der Waals surface area contributed by atoms with Crippen LogP contribution in [0.3, 0.4) is 0 Å². The van der Waals surface area contributed by atoms with Gasteiger partial charge in [0.2, 0.25) is 0 Å². The van der Waals surface area contributed by atoms with Crippen molar-refractivity contribution in [3.8, 4) is 0 Å². The number of hydrogen-bond donors (Lipinski definition) is 0. The maximum atomic E-state index is 13.4. The van der Waals surface area contributed by atoms with E-state index in [9.17, 15) is 18.0 Å². The highest BCUT2D eigenvalue weighted by atomic mass is 19.4. The third kappa shape index (κ3) is 3.24. The molecule has 1 aromatic carbocycles. The van der Waals surface area contributed by atoms with Gasteiger partial charge in [0, 0.05) is 13.1 Å². The number of nitrogens with zero attached hydrogens (tertiary/aromatic N) is 4. The molecule has 1 saturated carbocycles. The van der Waals surface area contributed by atoms with Crippen molar-refractivity contribution in [2.75, 3.05) is 13.1 Å². The lowest BCUT2D eigenvalue weighted by molar-refractivity contribution is -0.138. The summed E-state index contributed by atoms with van der Waals surface area (Å²) in [4.78, 5) is 19.1. The van der Waals surface area contributed by atoms with Crippen LogP contribution < -0.4 is 0 Å². The molecule has 5 rings (SSSR count). The first-order valence-corrected chi connectivity index (χ1v) is 10.1. The summed E-state index contributed by atoms with van der Waals surface area (Å²) in [7, 11) is 0. The lowest BCUT2D eigenvalue weighted by Crippen LogP contribution is -2.30. The average molecular weight is 414 g/mol. The van der Waals surface area contributed by atoms with E-state index < -0.39 is 11.7 Å². The van der Waals surface area contributed by atoms with E-state index in [2.05, 4.69) is 10.1 Å². The Morgan fingerprint density at radius 3 is 2.47 bits per heavy atom. The van der Waals surface area contributed by atoms with Crippen LogP contribution >= 0.6 is 0 Å². The molecule has 1 amide bonds. The predicted molar refractivity (Wildman–Crippen MR) is 104 cm³/mol. The lowest BCUT2D eigenvalue weighted by atomic mass is 9.91. The molecule has 3 aromatic rings. The summed E-state index contributed by atoms with van der Waals surface area (Å²) in [5.41, 5.74) is 1.66. The topological polar surface area (TPSA) is 50.5 Å². The second-order valence-electron chi connectivity index (χ2n) is 8.39. The van der Waals surface area contributed by atoms with E-state index in [0.717, 1.165) is 5.69 Å². The van der Waals surface area contributed by atoms with E-state index in [0.29, 0.717) is 42.8 Å². The summed E-state index contributed by atoms with van der Waals surface area (Å²) in [6, 6.07) is 9.54. The molecule has 1 aliphatic heterocycles. The monoisotopic (exact) mass is 414 g/mol. The van der Waals surface area contributed by atoms with Crippen LogP contribution in [0.4, 0.5) is 13.2 Å². The van der Waals surface area contributed by atoms with Crippen LogP contribution in [0, 0.1) is 18.8 Å². The van der Waals surface area contributed by atoms with E-state index >= 15 is 0 Å². The van der Waals surface area contributed by atoms with Crippen molar-refractivity contribution in [2.24, 2.45) is 11.8 Å². The van der Waals surface area contributed by atoms with Gasteiger partial charge in [-0.25, -0.2) is 9.50 Å². The van der Waals surface area contributed by atoms with Crippen molar-refractivity contribution in [1.29, 1.82) is 0 Å². The van der Waals surface area contributed by atoms with Gasteiger partial charge in [-0.05, 0) is 61.3 Å². The fourth-order valence-corrected chi connectivity index (χ4v) is 5.07. The van der Waals surface area contributed by atoms with Crippen LogP contribution in [-0.4, -0.2) is 38.5 Å². The number of fused-ring (bicyclic) bond motifs is 2. The molecule has 2 aromatic heterocycles.